The van der Waals surface area contributed by atoms with E-state index in [0.29, 0.717) is 36.6 Å². The van der Waals surface area contributed by atoms with Crippen molar-refractivity contribution < 1.29 is 42.9 Å². The molecular weight excluding hydrogens is 640 g/mol. The molecule has 11 heteroatoms. The predicted molar refractivity (Wildman–Crippen MR) is 176 cm³/mol. The number of nitrogens with one attached hydrogen (secondary N) is 1. The lowest BCUT2D eigenvalue weighted by Gasteiger charge is -2.66. The summed E-state index contributed by atoms with van der Waals surface area (Å²) in [5, 5.41) is 15.8. The van der Waals surface area contributed by atoms with Crippen LogP contribution in [0.1, 0.15) is 90.1 Å². The van der Waals surface area contributed by atoms with Gasteiger partial charge in [-0.25, -0.2) is 4.79 Å². The summed E-state index contributed by atoms with van der Waals surface area (Å²) in [5.41, 5.74) is -3.91. The van der Waals surface area contributed by atoms with Crippen LogP contribution in [0.15, 0.2) is 29.0 Å². The number of nitrogens with zero attached hydrogens (tertiary/aromatic N) is 1. The van der Waals surface area contributed by atoms with E-state index in [1.54, 1.807) is 6.26 Å². The third kappa shape index (κ3) is 3.73. The third-order valence-corrected chi connectivity index (χ3v) is 15.9. The molecule has 3 aliphatic carbocycles. The number of fused-ring (bicyclic) bond motifs is 4. The van der Waals surface area contributed by atoms with Gasteiger partial charge in [-0.3, -0.25) is 14.9 Å². The molecule has 0 radical (unpaired) electrons. The Balaban J connectivity index is 0.958. The Hall–Kier alpha value is -2.73. The van der Waals surface area contributed by atoms with Crippen LogP contribution < -0.4 is 5.32 Å². The van der Waals surface area contributed by atoms with Gasteiger partial charge in [-0.15, -0.1) is 0 Å². The van der Waals surface area contributed by atoms with Gasteiger partial charge in [0.15, 0.2) is 11.9 Å². The summed E-state index contributed by atoms with van der Waals surface area (Å²) in [6.45, 7) is 9.87. The van der Waals surface area contributed by atoms with Crippen LogP contribution in [0.4, 0.5) is 0 Å². The van der Waals surface area contributed by atoms with E-state index in [1.807, 2.05) is 26.8 Å². The molecule has 50 heavy (non-hydrogen) atoms. The summed E-state index contributed by atoms with van der Waals surface area (Å²) >= 11 is 0. The van der Waals surface area contributed by atoms with Crippen molar-refractivity contribution in [3.8, 4) is 0 Å². The maximum Gasteiger partial charge on any atom is 0.339 e. The Morgan fingerprint density at radius 1 is 1.06 bits per heavy atom. The molecule has 6 aliphatic heterocycles. The van der Waals surface area contributed by atoms with Gasteiger partial charge in [-0.1, -0.05) is 26.3 Å². The van der Waals surface area contributed by atoms with Crippen LogP contribution in [-0.4, -0.2) is 83.1 Å². The number of epoxide rings is 1. The maximum atomic E-state index is 14.5. The number of cyclic esters (lactones) is 2. The predicted octanol–water partition coefficient (Wildman–Crippen LogP) is 3.83. The number of aliphatic hydroxyl groups is 1. The molecule has 5 saturated heterocycles. The molecule has 1 aromatic heterocycles. The molecule has 10 rings (SSSR count). The van der Waals surface area contributed by atoms with E-state index in [4.69, 9.17) is 23.4 Å². The Morgan fingerprint density at radius 2 is 1.90 bits per heavy atom. The fourth-order valence-electron chi connectivity index (χ4n) is 13.8. The monoisotopic (exact) mass is 690 g/mol. The Labute approximate surface area is 292 Å². The van der Waals surface area contributed by atoms with Gasteiger partial charge >= 0.3 is 11.9 Å². The van der Waals surface area contributed by atoms with E-state index in [1.165, 1.54) is 19.3 Å². The van der Waals surface area contributed by atoms with Gasteiger partial charge in [0.05, 0.1) is 37.0 Å². The van der Waals surface area contributed by atoms with Crippen LogP contribution in [0.2, 0.25) is 0 Å². The lowest BCUT2D eigenvalue weighted by atomic mass is 9.36. The van der Waals surface area contributed by atoms with Crippen molar-refractivity contribution in [2.75, 3.05) is 19.8 Å². The second-order valence-corrected chi connectivity index (χ2v) is 18.1. The fraction of sp³-hybridized carbons (Fsp3) is 0.769. The number of rotatable bonds is 4. The number of furan rings is 1. The first kappa shape index (κ1) is 32.0. The number of aryl methyl sites for hydroxylation is 1. The first-order valence-electron chi connectivity index (χ1n) is 19.0. The normalized spacial score (nSPS) is 50.9. The number of hydrogen-bond acceptors (Lipinski definition) is 11. The first-order valence-corrected chi connectivity index (χ1v) is 19.0. The summed E-state index contributed by atoms with van der Waals surface area (Å²) < 4.78 is 31.4. The number of allylic oxidation sites excluding steroid dienone is 1. The summed E-state index contributed by atoms with van der Waals surface area (Å²) in [6, 6.07) is 2.55. The molecule has 9 aliphatic rings. The zero-order valence-electron chi connectivity index (χ0n) is 29.5. The van der Waals surface area contributed by atoms with Gasteiger partial charge in [0, 0.05) is 40.8 Å². The number of ether oxygens (including phenoxy) is 4. The van der Waals surface area contributed by atoms with Crippen molar-refractivity contribution in [2.24, 2.45) is 45.8 Å². The van der Waals surface area contributed by atoms with E-state index in [2.05, 4.69) is 29.4 Å². The standard InChI is InChI=1S/C39H50N2O9/c1-35(2)30-29(43)31(44)37(4)26(38(30)18-47-28(42)16-27(38)49-35)9-12-36(3)32(48-34(45)33-39(36,37)50-33)23-11-14-46-25(23)8-6-20-5-7-22-21(15-20)10-13-41-19-40-17-24(22)41/h10-11,13-14,20-22,24,26-27,30-33,40,44H,5-9,12,15-19H2,1-4H3/t20-,21+,22-,24-,26-,27-,30+,31+,32-,33+,36-,37-,38-,39+/m0/s1. The van der Waals surface area contributed by atoms with Crippen LogP contribution >= 0.6 is 0 Å². The zero-order chi connectivity index (χ0) is 34.6. The van der Waals surface area contributed by atoms with Gasteiger partial charge in [0.25, 0.3) is 0 Å². The smallest absolute Gasteiger partial charge is 0.339 e. The number of ketones is 1. The minimum atomic E-state index is -1.39. The number of carbonyl (C=O) groups excluding carboxylic acids is 3. The number of Topliss-reactive ketones (excluding diaryl/α,β-unsaturated/α-hetero) is 1. The maximum absolute atomic E-state index is 14.5. The Morgan fingerprint density at radius 3 is 2.74 bits per heavy atom. The second-order valence-electron chi connectivity index (χ2n) is 18.1. The molecule has 0 unspecified atom stereocenters. The van der Waals surface area contributed by atoms with Gasteiger partial charge < -0.3 is 33.4 Å². The fourth-order valence-corrected chi connectivity index (χ4v) is 13.8. The minimum absolute atomic E-state index is 0.0505. The van der Waals surface area contributed by atoms with E-state index in [-0.39, 0.29) is 30.7 Å². The van der Waals surface area contributed by atoms with Crippen molar-refractivity contribution in [2.45, 2.75) is 121 Å². The molecule has 14 atom stereocenters. The largest absolute Gasteiger partial charge is 0.469 e. The van der Waals surface area contributed by atoms with Gasteiger partial charge in [0.1, 0.15) is 30.2 Å². The molecule has 0 bridgehead atoms. The van der Waals surface area contributed by atoms with Gasteiger partial charge in [-0.2, -0.15) is 0 Å². The summed E-state index contributed by atoms with van der Waals surface area (Å²) in [7, 11) is 0. The summed E-state index contributed by atoms with van der Waals surface area (Å²) in [6.07, 6.45) is 9.64. The summed E-state index contributed by atoms with van der Waals surface area (Å²) in [5.74, 6) is 0.669. The molecule has 0 amide bonds. The van der Waals surface area contributed by atoms with Crippen molar-refractivity contribution in [1.29, 1.82) is 0 Å². The van der Waals surface area contributed by atoms with Crippen LogP contribution in [0.3, 0.4) is 0 Å². The lowest BCUT2D eigenvalue weighted by Crippen LogP contribution is -2.76. The van der Waals surface area contributed by atoms with Crippen molar-refractivity contribution in [1.82, 2.24) is 10.2 Å². The topological polar surface area (TPSA) is 140 Å². The van der Waals surface area contributed by atoms with Crippen molar-refractivity contribution in [3.63, 3.8) is 0 Å². The van der Waals surface area contributed by atoms with Crippen LogP contribution in [0.25, 0.3) is 0 Å². The Kier molecular flexibility index (Phi) is 6.54. The minimum Gasteiger partial charge on any atom is -0.469 e. The third-order valence-electron chi connectivity index (χ3n) is 15.9. The van der Waals surface area contributed by atoms with Gasteiger partial charge in [0.2, 0.25) is 0 Å². The molecule has 1 aromatic rings. The second kappa shape index (κ2) is 10.2. The van der Waals surface area contributed by atoms with Crippen LogP contribution in [0.5, 0.6) is 0 Å². The van der Waals surface area contributed by atoms with E-state index < -0.39 is 63.8 Å². The highest BCUT2D eigenvalue weighted by molar-refractivity contribution is 5.92. The molecule has 2 spiro atoms. The summed E-state index contributed by atoms with van der Waals surface area (Å²) in [4.78, 5) is 43.4. The van der Waals surface area contributed by atoms with Crippen molar-refractivity contribution >= 4 is 17.7 Å². The number of aliphatic hydroxyl groups excluding tert-OH is 1. The first-order chi connectivity index (χ1) is 23.9. The SMILES string of the molecule is CC1(C)O[C@H]2CC(=O)OC[C@@]23[C@@H]1C(=O)[C@@H](O)[C@]1(C)[C@@H]3CC[C@@]2(C)[C@H](c3ccoc3CC[C@@H]3CC[C@H]4[C@H](C=CN5CNC[C@@H]45)C3)OC(=O)[C@H]3O[C@@]312. The average Bonchev–Trinajstić information content (AvgIpc) is 3.34. The molecule has 8 fully saturated rings. The molecule has 0 aromatic carbocycles. The number of carbonyl (C=O) groups is 3. The highest BCUT2D eigenvalue weighted by Crippen LogP contribution is 2.80. The van der Waals surface area contributed by atoms with E-state index >= 15 is 0 Å². The highest BCUT2D eigenvalue weighted by atomic mass is 16.7. The molecule has 7 heterocycles. The number of hydrogen-bond donors (Lipinski definition) is 2. The zero-order valence-corrected chi connectivity index (χ0v) is 29.5. The van der Waals surface area contributed by atoms with Crippen molar-refractivity contribution in [3.05, 3.63) is 35.9 Å². The molecular formula is C39H50N2O9. The Bertz CT molecular complexity index is 1690. The molecule has 270 valence electrons. The lowest BCUT2D eigenvalue weighted by molar-refractivity contribution is -0.252. The van der Waals surface area contributed by atoms with Gasteiger partial charge in [-0.05, 0) is 81.9 Å². The quantitative estimate of drug-likeness (QED) is 0.352. The molecule has 3 saturated carbocycles. The van der Waals surface area contributed by atoms with Crippen LogP contribution in [-0.2, 0) is 39.8 Å². The number of esters is 2. The van der Waals surface area contributed by atoms with E-state index in [9.17, 15) is 19.5 Å². The van der Waals surface area contributed by atoms with E-state index in [0.717, 1.165) is 37.4 Å². The average molecular weight is 691 g/mol. The molecule has 11 nitrogen and oxygen atoms in total. The highest BCUT2D eigenvalue weighted by Gasteiger charge is 2.90. The molecule has 2 N–H and O–H groups in total. The van der Waals surface area contributed by atoms with Crippen LogP contribution in [0, 0.1) is 45.8 Å².